The second kappa shape index (κ2) is 5.09. The van der Waals surface area contributed by atoms with Crippen LogP contribution in [0.25, 0.3) is 10.9 Å². The number of hydrogen-bond acceptors (Lipinski definition) is 3. The van der Waals surface area contributed by atoms with Crippen molar-refractivity contribution >= 4 is 38.2 Å². The number of H-pyrrole nitrogens is 1. The van der Waals surface area contributed by atoms with Gasteiger partial charge in [-0.25, -0.2) is 0 Å². The fraction of sp³-hybridized carbons (Fsp3) is 0.0667. The molecule has 0 aliphatic rings. The van der Waals surface area contributed by atoms with Gasteiger partial charge in [-0.05, 0) is 46.6 Å². The van der Waals surface area contributed by atoms with Crippen molar-refractivity contribution in [3.63, 3.8) is 0 Å². The Morgan fingerprint density at radius 2 is 1.80 bits per heavy atom. The Bertz CT molecular complexity index is 794. The number of fused-ring (bicyclic) bond motifs is 1. The molecular weight excluding hydrogens is 318 g/mol. The van der Waals surface area contributed by atoms with Gasteiger partial charge in [0.2, 0.25) is 5.88 Å². The van der Waals surface area contributed by atoms with Crippen molar-refractivity contribution in [2.75, 3.05) is 0 Å². The summed E-state index contributed by atoms with van der Waals surface area (Å²) in [7, 11) is 0. The van der Waals surface area contributed by atoms with Crippen LogP contribution in [0.5, 0.6) is 5.88 Å². The monoisotopic (exact) mass is 329 g/mol. The van der Waals surface area contributed by atoms with E-state index in [1.807, 2.05) is 49.4 Å². The molecule has 0 saturated carbocycles. The second-order valence-corrected chi connectivity index (χ2v) is 5.27. The predicted octanol–water partition coefficient (Wildman–Crippen LogP) is 5.36. The molecule has 0 saturated heterocycles. The Morgan fingerprint density at radius 1 is 1.05 bits per heavy atom. The quantitative estimate of drug-likeness (QED) is 0.611. The molecule has 0 fully saturated rings. The maximum Gasteiger partial charge on any atom is 0.218 e. The van der Waals surface area contributed by atoms with Gasteiger partial charge >= 0.3 is 0 Å². The Morgan fingerprint density at radius 3 is 2.55 bits per heavy atom. The Kier molecular flexibility index (Phi) is 3.28. The largest absolute Gasteiger partial charge is 0.493 e. The summed E-state index contributed by atoms with van der Waals surface area (Å²) in [4.78, 5) is 2.90. The van der Waals surface area contributed by atoms with E-state index in [4.69, 9.17) is 0 Å². The summed E-state index contributed by atoms with van der Waals surface area (Å²) in [5.41, 5.74) is 3.08. The van der Waals surface area contributed by atoms with Gasteiger partial charge in [0.25, 0.3) is 0 Å². The third-order valence-electron chi connectivity index (χ3n) is 3.07. The Balaban J connectivity index is 2.14. The minimum Gasteiger partial charge on any atom is -0.493 e. The SMILES string of the molecule is Cc1ccc2[nH]c(O)c(N=Nc3ccccc3)c2c1Br. The number of aromatic nitrogens is 1. The summed E-state index contributed by atoms with van der Waals surface area (Å²) >= 11 is 3.54. The molecule has 0 bridgehead atoms. The van der Waals surface area contributed by atoms with Crippen molar-refractivity contribution < 1.29 is 5.11 Å². The molecule has 0 aliphatic heterocycles. The number of halogens is 1. The van der Waals surface area contributed by atoms with Gasteiger partial charge in [-0.1, -0.05) is 24.3 Å². The minimum atomic E-state index is 0.0194. The molecule has 1 aromatic heterocycles. The second-order valence-electron chi connectivity index (χ2n) is 4.48. The number of azo groups is 1. The first-order chi connectivity index (χ1) is 9.66. The normalized spacial score (nSPS) is 11.5. The lowest BCUT2D eigenvalue weighted by molar-refractivity contribution is 0.459. The zero-order valence-corrected chi connectivity index (χ0v) is 12.3. The van der Waals surface area contributed by atoms with E-state index in [0.29, 0.717) is 5.69 Å². The van der Waals surface area contributed by atoms with E-state index in [9.17, 15) is 5.11 Å². The van der Waals surface area contributed by atoms with E-state index in [2.05, 4.69) is 31.1 Å². The lowest BCUT2D eigenvalue weighted by Gasteiger charge is -1.99. The van der Waals surface area contributed by atoms with Crippen molar-refractivity contribution in [1.82, 2.24) is 4.98 Å². The van der Waals surface area contributed by atoms with E-state index in [1.54, 1.807) is 0 Å². The number of aromatic hydroxyl groups is 1. The van der Waals surface area contributed by atoms with Gasteiger partial charge < -0.3 is 10.1 Å². The van der Waals surface area contributed by atoms with Crippen molar-refractivity contribution in [2.45, 2.75) is 6.92 Å². The number of aromatic amines is 1. The van der Waals surface area contributed by atoms with Crippen LogP contribution in [-0.4, -0.2) is 10.1 Å². The number of nitrogens with one attached hydrogen (secondary N) is 1. The molecule has 20 heavy (non-hydrogen) atoms. The van der Waals surface area contributed by atoms with Crippen molar-refractivity contribution in [3.05, 3.63) is 52.5 Å². The van der Waals surface area contributed by atoms with Gasteiger partial charge in [0.1, 0.15) is 0 Å². The molecule has 3 aromatic rings. The summed E-state index contributed by atoms with van der Waals surface area (Å²) in [6, 6.07) is 13.3. The molecule has 0 radical (unpaired) electrons. The molecule has 0 amide bonds. The predicted molar refractivity (Wildman–Crippen MR) is 83.0 cm³/mol. The third-order valence-corrected chi connectivity index (χ3v) is 4.09. The number of hydrogen-bond donors (Lipinski definition) is 2. The first-order valence-corrected chi connectivity index (χ1v) is 6.92. The smallest absolute Gasteiger partial charge is 0.218 e. The van der Waals surface area contributed by atoms with Crippen LogP contribution in [0.2, 0.25) is 0 Å². The van der Waals surface area contributed by atoms with E-state index in [-0.39, 0.29) is 5.88 Å². The van der Waals surface area contributed by atoms with E-state index in [1.165, 1.54) is 0 Å². The van der Waals surface area contributed by atoms with Gasteiger partial charge in [0.05, 0.1) is 11.2 Å². The van der Waals surface area contributed by atoms with Gasteiger partial charge in [-0.2, -0.15) is 5.11 Å². The number of nitrogens with zero attached hydrogens (tertiary/aromatic N) is 2. The molecule has 2 N–H and O–H groups in total. The van der Waals surface area contributed by atoms with E-state index in [0.717, 1.165) is 26.6 Å². The van der Waals surface area contributed by atoms with Crippen molar-refractivity contribution in [2.24, 2.45) is 10.2 Å². The van der Waals surface area contributed by atoms with Crippen LogP contribution < -0.4 is 0 Å². The first-order valence-electron chi connectivity index (χ1n) is 6.13. The fourth-order valence-corrected chi connectivity index (χ4v) is 2.55. The average Bonchev–Trinajstić information content (AvgIpc) is 2.78. The zero-order valence-electron chi connectivity index (χ0n) is 10.8. The summed E-state index contributed by atoms with van der Waals surface area (Å²) in [5.74, 6) is 0.0194. The standard InChI is InChI=1S/C15H12BrN3O/c1-9-7-8-11-12(13(9)16)14(15(20)17-11)19-18-10-5-3-2-4-6-10/h2-8,17,20H,1H3. The van der Waals surface area contributed by atoms with Crippen LogP contribution in [-0.2, 0) is 0 Å². The van der Waals surface area contributed by atoms with E-state index < -0.39 is 0 Å². The number of aryl methyl sites for hydroxylation is 1. The summed E-state index contributed by atoms with van der Waals surface area (Å²) < 4.78 is 0.911. The molecule has 4 nitrogen and oxygen atoms in total. The molecule has 0 atom stereocenters. The summed E-state index contributed by atoms with van der Waals surface area (Å²) in [5, 5.41) is 19.2. The highest BCUT2D eigenvalue weighted by molar-refractivity contribution is 9.10. The highest BCUT2D eigenvalue weighted by Gasteiger charge is 2.14. The van der Waals surface area contributed by atoms with Gasteiger partial charge in [-0.15, -0.1) is 5.11 Å². The molecule has 5 heteroatoms. The Labute approximate surface area is 124 Å². The van der Waals surface area contributed by atoms with Crippen LogP contribution in [0.4, 0.5) is 11.4 Å². The minimum absolute atomic E-state index is 0.0194. The maximum absolute atomic E-state index is 10.00. The topological polar surface area (TPSA) is 60.7 Å². The highest BCUT2D eigenvalue weighted by Crippen LogP contribution is 2.41. The highest BCUT2D eigenvalue weighted by atomic mass is 79.9. The van der Waals surface area contributed by atoms with Gasteiger partial charge in [-0.3, -0.25) is 0 Å². The molecule has 0 spiro atoms. The maximum atomic E-state index is 10.00. The van der Waals surface area contributed by atoms with Gasteiger partial charge in [0, 0.05) is 9.86 Å². The van der Waals surface area contributed by atoms with Gasteiger partial charge in [0.15, 0.2) is 5.69 Å². The first kappa shape index (κ1) is 12.9. The zero-order chi connectivity index (χ0) is 14.1. The van der Waals surface area contributed by atoms with Crippen LogP contribution in [0.1, 0.15) is 5.56 Å². The molecule has 3 rings (SSSR count). The molecule has 0 aliphatic carbocycles. The van der Waals surface area contributed by atoms with Crippen LogP contribution >= 0.6 is 15.9 Å². The number of benzene rings is 2. The molecular formula is C15H12BrN3O. The number of rotatable bonds is 2. The Hall–Kier alpha value is -2.14. The lowest BCUT2D eigenvalue weighted by Crippen LogP contribution is -1.76. The molecule has 1 heterocycles. The summed E-state index contributed by atoms with van der Waals surface area (Å²) in [6.07, 6.45) is 0. The third kappa shape index (κ3) is 2.20. The fourth-order valence-electron chi connectivity index (χ4n) is 2.02. The van der Waals surface area contributed by atoms with Crippen LogP contribution in [0, 0.1) is 6.92 Å². The molecule has 2 aromatic carbocycles. The lowest BCUT2D eigenvalue weighted by atomic mass is 10.1. The van der Waals surface area contributed by atoms with Crippen LogP contribution in [0.15, 0.2) is 57.2 Å². The molecule has 100 valence electrons. The van der Waals surface area contributed by atoms with Crippen LogP contribution in [0.3, 0.4) is 0 Å². The molecule has 0 unspecified atom stereocenters. The average molecular weight is 330 g/mol. The summed E-state index contributed by atoms with van der Waals surface area (Å²) in [6.45, 7) is 1.99. The van der Waals surface area contributed by atoms with Crippen molar-refractivity contribution in [3.8, 4) is 5.88 Å². The van der Waals surface area contributed by atoms with Crippen molar-refractivity contribution in [1.29, 1.82) is 0 Å². The van der Waals surface area contributed by atoms with E-state index >= 15 is 0 Å².